The smallest absolute Gasteiger partial charge is 0.231 e. The summed E-state index contributed by atoms with van der Waals surface area (Å²) in [6.07, 6.45) is -2.16. The quantitative estimate of drug-likeness (QED) is 0.805. The van der Waals surface area contributed by atoms with Gasteiger partial charge in [0.15, 0.2) is 11.5 Å². The molecule has 0 saturated heterocycles. The monoisotopic (exact) mass is 201 g/mol. The fourth-order valence-electron chi connectivity index (χ4n) is 1.15. The normalized spacial score (nSPS) is 29.9. The van der Waals surface area contributed by atoms with Gasteiger partial charge in [0.2, 0.25) is 6.75 Å². The summed E-state index contributed by atoms with van der Waals surface area (Å²) in [5.41, 5.74) is 0.0709. The summed E-state index contributed by atoms with van der Waals surface area (Å²) in [6.45, 7) is -3.77. The van der Waals surface area contributed by atoms with Gasteiger partial charge in [-0.05, 0) is 38.0 Å². The predicted octanol–water partition coefficient (Wildman–Crippen LogP) is 1.57. The van der Waals surface area contributed by atoms with Gasteiger partial charge in [0, 0.05) is 12.9 Å². The Bertz CT molecular complexity index is 574. The Balaban J connectivity index is 2.32. The maximum absolute atomic E-state index is 8.11. The van der Waals surface area contributed by atoms with Crippen molar-refractivity contribution < 1.29 is 20.5 Å². The van der Waals surface area contributed by atoms with E-state index in [1.165, 1.54) is 25.1 Å². The van der Waals surface area contributed by atoms with Crippen molar-refractivity contribution in [3.05, 3.63) is 23.8 Å². The van der Waals surface area contributed by atoms with E-state index in [0.717, 1.165) is 0 Å². The highest BCUT2D eigenvalue weighted by molar-refractivity contribution is 5.44. The average molecular weight is 201 g/mol. The summed E-state index contributed by atoms with van der Waals surface area (Å²) >= 11 is 0. The van der Waals surface area contributed by atoms with E-state index in [9.17, 15) is 0 Å². The molecule has 1 heterocycles. The Morgan fingerprint density at radius 3 is 3.43 bits per heavy atom. The molecule has 76 valence electrons. The molecule has 0 aliphatic carbocycles. The largest absolute Gasteiger partial charge is 0.454 e. The third-order valence-corrected chi connectivity index (χ3v) is 1.82. The van der Waals surface area contributed by atoms with Gasteiger partial charge >= 0.3 is 0 Å². The minimum absolute atomic E-state index is 0.0315. The van der Waals surface area contributed by atoms with Gasteiger partial charge in [-0.25, -0.2) is 0 Å². The van der Waals surface area contributed by atoms with E-state index in [0.29, 0.717) is 0 Å². The Morgan fingerprint density at radius 2 is 2.57 bits per heavy atom. The standard InChI is InChI=1S/C11H15NO2/c1-8(12-2)5-9-3-4-10-11(6-9)14-7-13-10/h3-4,6,8,12H,5,7H2,1-2H3/i2D3,5D2,7D2/hD. The molecule has 2 rings (SSSR count). The SMILES string of the molecule is [2H]N(C(C)C([2H])([2H])c1ccc2c(c1)OC([2H])([2H])O2)C([2H])([2H])[2H]. The van der Waals surface area contributed by atoms with Crippen molar-refractivity contribution in [1.29, 1.82) is 0 Å². The second-order valence-electron chi connectivity index (χ2n) is 2.90. The van der Waals surface area contributed by atoms with Crippen molar-refractivity contribution in [3.63, 3.8) is 0 Å². The van der Waals surface area contributed by atoms with E-state index in [2.05, 4.69) is 0 Å². The molecule has 3 heteroatoms. The van der Waals surface area contributed by atoms with Crippen LogP contribution >= 0.6 is 0 Å². The van der Waals surface area contributed by atoms with Crippen LogP contribution in [0.4, 0.5) is 0 Å². The highest BCUT2D eigenvalue weighted by atomic mass is 16.7. The Labute approximate surface area is 95.3 Å². The molecule has 1 atom stereocenters. The number of likely N-dealkylation sites (N-methyl/N-ethyl adjacent to an activating group) is 1. The minimum atomic E-state index is -2.75. The summed E-state index contributed by atoms with van der Waals surface area (Å²) in [5, 5.41) is 0.233. The summed E-state index contributed by atoms with van der Waals surface area (Å²) in [4.78, 5) is 0. The Kier molecular flexibility index (Phi) is 1.04. The Morgan fingerprint density at radius 1 is 1.71 bits per heavy atom. The van der Waals surface area contributed by atoms with Gasteiger partial charge in [-0.2, -0.15) is 0 Å². The van der Waals surface area contributed by atoms with Gasteiger partial charge in [0.25, 0.3) is 0 Å². The molecule has 14 heavy (non-hydrogen) atoms. The molecule has 0 spiro atoms. The van der Waals surface area contributed by atoms with E-state index >= 15 is 0 Å². The molecule has 0 amide bonds. The number of hydrogen-bond acceptors (Lipinski definition) is 3. The molecular weight excluding hydrogens is 178 g/mol. The molecule has 1 aromatic rings. The molecule has 0 radical (unpaired) electrons. The number of rotatable bonds is 3. The van der Waals surface area contributed by atoms with E-state index in [1.807, 2.05) is 0 Å². The number of ether oxygens (including phenoxy) is 2. The van der Waals surface area contributed by atoms with Crippen LogP contribution < -0.4 is 14.8 Å². The maximum Gasteiger partial charge on any atom is 0.231 e. The molecule has 0 saturated carbocycles. The zero-order valence-electron chi connectivity index (χ0n) is 15.6. The third kappa shape index (κ3) is 1.82. The second kappa shape index (κ2) is 3.88. The van der Waals surface area contributed by atoms with Crippen LogP contribution in [-0.4, -0.2) is 19.8 Å². The minimum Gasteiger partial charge on any atom is -0.454 e. The lowest BCUT2D eigenvalue weighted by atomic mass is 10.1. The average Bonchev–Trinajstić information content (AvgIpc) is 2.68. The van der Waals surface area contributed by atoms with Gasteiger partial charge in [0.1, 0.15) is 4.15 Å². The first-order valence-electron chi connectivity index (χ1n) is 8.10. The van der Waals surface area contributed by atoms with Gasteiger partial charge < -0.3 is 14.8 Å². The lowest BCUT2D eigenvalue weighted by Crippen LogP contribution is -2.23. The van der Waals surface area contributed by atoms with Crippen LogP contribution in [0.3, 0.4) is 0 Å². The summed E-state index contributed by atoms with van der Waals surface area (Å²) < 4.78 is 69.9. The lowest BCUT2D eigenvalue weighted by Gasteiger charge is -2.09. The number of fused-ring (bicyclic) bond motifs is 1. The first-order valence-corrected chi connectivity index (χ1v) is 4.15. The first-order chi connectivity index (χ1) is 9.84. The molecule has 0 fully saturated rings. The highest BCUT2D eigenvalue weighted by Gasteiger charge is 2.13. The lowest BCUT2D eigenvalue weighted by molar-refractivity contribution is 0.174. The molecule has 1 aromatic carbocycles. The molecule has 1 N–H and O–H groups in total. The number of hydrogen-bond donors (Lipinski definition) is 1. The van der Waals surface area contributed by atoms with Crippen molar-refractivity contribution in [1.82, 2.24) is 5.31 Å². The van der Waals surface area contributed by atoms with Crippen LogP contribution in [0.1, 0.15) is 22.1 Å². The molecule has 1 aliphatic heterocycles. The van der Waals surface area contributed by atoms with Crippen molar-refractivity contribution in [2.24, 2.45) is 0 Å². The fraction of sp³-hybridized carbons (Fsp3) is 0.455. The summed E-state index contributed by atoms with van der Waals surface area (Å²) in [7, 11) is 0. The molecule has 1 unspecified atom stereocenters. The molecule has 1 aliphatic rings. The third-order valence-electron chi connectivity index (χ3n) is 1.82. The number of nitrogens with one attached hydrogen (secondary N) is 1. The molecular formula is C11H15NO2. The van der Waals surface area contributed by atoms with Crippen LogP contribution in [0.25, 0.3) is 0 Å². The zero-order chi connectivity index (χ0) is 16.9. The molecule has 3 nitrogen and oxygen atoms in total. The van der Waals surface area contributed by atoms with Crippen molar-refractivity contribution in [3.8, 4) is 11.5 Å². The number of benzene rings is 1. The van der Waals surface area contributed by atoms with Crippen LogP contribution in [0.15, 0.2) is 18.2 Å². The first kappa shape index (κ1) is 3.74. The topological polar surface area (TPSA) is 30.5 Å². The Hall–Kier alpha value is -1.22. The second-order valence-corrected chi connectivity index (χ2v) is 2.90. The van der Waals surface area contributed by atoms with Gasteiger partial charge in [-0.15, -0.1) is 0 Å². The predicted molar refractivity (Wildman–Crippen MR) is 54.8 cm³/mol. The van der Waals surface area contributed by atoms with E-state index in [4.69, 9.17) is 20.5 Å². The maximum atomic E-state index is 8.11. The zero-order valence-corrected chi connectivity index (χ0v) is 7.57. The van der Waals surface area contributed by atoms with Crippen molar-refractivity contribution in [2.75, 3.05) is 13.7 Å². The van der Waals surface area contributed by atoms with E-state index in [1.54, 1.807) is 0 Å². The fourth-order valence-corrected chi connectivity index (χ4v) is 1.15. The van der Waals surface area contributed by atoms with Gasteiger partial charge in [0.05, 0.1) is 0 Å². The summed E-state index contributed by atoms with van der Waals surface area (Å²) in [6, 6.07) is 2.69. The van der Waals surface area contributed by atoms with Crippen LogP contribution in [0.5, 0.6) is 11.5 Å². The van der Waals surface area contributed by atoms with E-state index in [-0.39, 0.29) is 22.4 Å². The summed E-state index contributed by atoms with van der Waals surface area (Å²) in [5.74, 6) is 0.166. The van der Waals surface area contributed by atoms with Crippen LogP contribution in [0.2, 0.25) is 1.41 Å². The highest BCUT2D eigenvalue weighted by Crippen LogP contribution is 2.32. The van der Waals surface area contributed by atoms with Crippen LogP contribution in [-0.2, 0) is 6.37 Å². The van der Waals surface area contributed by atoms with Gasteiger partial charge in [-0.3, -0.25) is 0 Å². The molecule has 0 bridgehead atoms. The molecule has 0 aromatic heterocycles. The van der Waals surface area contributed by atoms with Crippen molar-refractivity contribution >= 4 is 0 Å². The van der Waals surface area contributed by atoms with Crippen molar-refractivity contribution in [2.45, 2.75) is 19.3 Å². The van der Waals surface area contributed by atoms with Gasteiger partial charge in [-0.1, -0.05) is 6.07 Å². The van der Waals surface area contributed by atoms with E-state index < -0.39 is 26.1 Å². The van der Waals surface area contributed by atoms with Crippen LogP contribution in [0, 0.1) is 0 Å².